The normalized spacial score (nSPS) is 25.9. The summed E-state index contributed by atoms with van der Waals surface area (Å²) < 4.78 is 44.2. The summed E-state index contributed by atoms with van der Waals surface area (Å²) in [4.78, 5) is 4.86. The third-order valence-electron chi connectivity index (χ3n) is 2.78. The van der Waals surface area contributed by atoms with Gasteiger partial charge in [-0.15, -0.1) is 0 Å². The van der Waals surface area contributed by atoms with Crippen molar-refractivity contribution in [1.29, 1.82) is 0 Å². The molecule has 0 spiro atoms. The molecule has 110 valence electrons. The first-order valence-electron chi connectivity index (χ1n) is 5.88. The Bertz CT molecular complexity index is 537. The molecule has 4 nitrogen and oxygen atoms in total. The fraction of sp³-hybridized carbons (Fsp3) is 0.462. The molecule has 7 heteroatoms. The number of halogens is 3. The van der Waals surface area contributed by atoms with Gasteiger partial charge in [0.1, 0.15) is 0 Å². The molecule has 1 atom stereocenters. The Labute approximate surface area is 113 Å². The van der Waals surface area contributed by atoms with Crippen LogP contribution in [0.1, 0.15) is 25.0 Å². The summed E-state index contributed by atoms with van der Waals surface area (Å²) >= 11 is 0. The van der Waals surface area contributed by atoms with Crippen LogP contribution in [0.2, 0.25) is 0 Å². The van der Waals surface area contributed by atoms with Crippen LogP contribution in [0.4, 0.5) is 13.2 Å². The minimum atomic E-state index is -5.04. The van der Waals surface area contributed by atoms with Crippen LogP contribution in [0.5, 0.6) is 0 Å². The number of hydrogen-bond donors (Lipinski definition) is 1. The summed E-state index contributed by atoms with van der Waals surface area (Å²) in [5.74, 6) is -5.19. The molecule has 1 heterocycles. The van der Waals surface area contributed by atoms with Gasteiger partial charge in [-0.05, 0) is 6.92 Å². The maximum Gasteiger partial charge on any atom is 0.450 e. The van der Waals surface area contributed by atoms with Gasteiger partial charge in [-0.25, -0.2) is 0 Å². The fourth-order valence-electron chi connectivity index (χ4n) is 1.79. The summed E-state index contributed by atoms with van der Waals surface area (Å²) in [6.07, 6.45) is -5.04. The largest absolute Gasteiger partial charge is 0.450 e. The summed E-state index contributed by atoms with van der Waals surface area (Å²) in [7, 11) is 0. The van der Waals surface area contributed by atoms with Crippen LogP contribution in [0.3, 0.4) is 0 Å². The molecule has 0 amide bonds. The van der Waals surface area contributed by atoms with E-state index < -0.39 is 23.5 Å². The molecule has 1 aromatic rings. The van der Waals surface area contributed by atoms with E-state index in [0.717, 1.165) is 5.56 Å². The predicted molar refractivity (Wildman–Crippen MR) is 65.0 cm³/mol. The average molecular weight is 289 g/mol. The molecule has 1 aromatic carbocycles. The number of nitrogens with zero attached hydrogens (tertiary/aromatic N) is 1. The van der Waals surface area contributed by atoms with Gasteiger partial charge in [-0.3, -0.25) is 4.74 Å². The maximum absolute atomic E-state index is 13.2. The van der Waals surface area contributed by atoms with E-state index in [1.165, 1.54) is 26.0 Å². The topological polar surface area (TPSA) is 51.0 Å². The van der Waals surface area contributed by atoms with Gasteiger partial charge >= 0.3 is 12.0 Å². The smallest absolute Gasteiger partial charge is 0.360 e. The van der Waals surface area contributed by atoms with Gasteiger partial charge in [-0.2, -0.15) is 13.2 Å². The van der Waals surface area contributed by atoms with E-state index in [1.807, 2.05) is 0 Å². The number of aryl methyl sites for hydroxylation is 1. The highest BCUT2D eigenvalue weighted by Gasteiger charge is 2.64. The van der Waals surface area contributed by atoms with Crippen LogP contribution in [0.15, 0.2) is 29.4 Å². The van der Waals surface area contributed by atoms with Gasteiger partial charge in [0.15, 0.2) is 5.71 Å². The van der Waals surface area contributed by atoms with Crippen LogP contribution in [0, 0.1) is 6.92 Å². The molecule has 0 aliphatic carbocycles. The van der Waals surface area contributed by atoms with E-state index in [2.05, 4.69) is 5.16 Å². The van der Waals surface area contributed by atoms with Gasteiger partial charge in [-0.1, -0.05) is 35.0 Å². The molecule has 0 radical (unpaired) electrons. The van der Waals surface area contributed by atoms with E-state index in [9.17, 15) is 18.3 Å². The molecule has 1 N–H and O–H groups in total. The average Bonchev–Trinajstić information content (AvgIpc) is 2.28. The van der Waals surface area contributed by atoms with E-state index in [0.29, 0.717) is 0 Å². The highest BCUT2D eigenvalue weighted by atomic mass is 19.4. The minimum Gasteiger partial charge on any atom is -0.360 e. The van der Waals surface area contributed by atoms with Crippen molar-refractivity contribution in [2.45, 2.75) is 38.5 Å². The van der Waals surface area contributed by atoms with Crippen LogP contribution in [-0.4, -0.2) is 28.6 Å². The zero-order valence-electron chi connectivity index (χ0n) is 11.2. The lowest BCUT2D eigenvalue weighted by atomic mass is 9.99. The van der Waals surface area contributed by atoms with Gasteiger partial charge in [0.05, 0.1) is 0 Å². The van der Waals surface area contributed by atoms with Crippen LogP contribution in [-0.2, 0) is 9.57 Å². The number of rotatable bonds is 1. The maximum atomic E-state index is 13.2. The van der Waals surface area contributed by atoms with Gasteiger partial charge in [0, 0.05) is 19.4 Å². The second-order valence-corrected chi connectivity index (χ2v) is 5.04. The Morgan fingerprint density at radius 1 is 1.15 bits per heavy atom. The first-order valence-corrected chi connectivity index (χ1v) is 5.88. The minimum absolute atomic E-state index is 0.0749. The molecule has 0 saturated carbocycles. The first kappa shape index (κ1) is 14.8. The Kier molecular flexibility index (Phi) is 3.30. The fourth-order valence-corrected chi connectivity index (χ4v) is 1.79. The molecule has 0 aromatic heterocycles. The first-order chi connectivity index (χ1) is 9.05. The molecule has 1 aliphatic heterocycles. The molecular formula is C13H14F3NO3. The summed E-state index contributed by atoms with van der Waals surface area (Å²) in [6, 6.07) is 6.04. The van der Waals surface area contributed by atoms with E-state index >= 15 is 0 Å². The molecular weight excluding hydrogens is 275 g/mol. The standard InChI is InChI=1S/C13H14F3NO3/c1-8-4-6-9(7-5-8)10-12(18,13(14,15)16)19-11(2,3)20-17-10/h4-7,18H,1-3H3. The van der Waals surface area contributed by atoms with Crippen molar-refractivity contribution in [2.24, 2.45) is 5.16 Å². The van der Waals surface area contributed by atoms with Crippen LogP contribution in [0.25, 0.3) is 0 Å². The number of aliphatic hydroxyl groups is 1. The number of hydrogen-bond acceptors (Lipinski definition) is 4. The second kappa shape index (κ2) is 4.46. The monoisotopic (exact) mass is 289 g/mol. The molecule has 20 heavy (non-hydrogen) atoms. The molecule has 2 rings (SSSR count). The quantitative estimate of drug-likeness (QED) is 0.865. The molecule has 0 bridgehead atoms. The molecule has 1 aliphatic rings. The number of oxime groups is 1. The van der Waals surface area contributed by atoms with Crippen LogP contribution >= 0.6 is 0 Å². The lowest BCUT2D eigenvalue weighted by molar-refractivity contribution is -0.403. The van der Waals surface area contributed by atoms with Crippen LogP contribution < -0.4 is 0 Å². The Balaban J connectivity index is 2.53. The molecule has 1 unspecified atom stereocenters. The Morgan fingerprint density at radius 2 is 1.70 bits per heavy atom. The van der Waals surface area contributed by atoms with Crippen molar-refractivity contribution in [3.05, 3.63) is 35.4 Å². The highest BCUT2D eigenvalue weighted by molar-refractivity contribution is 6.06. The van der Waals surface area contributed by atoms with Crippen molar-refractivity contribution in [1.82, 2.24) is 0 Å². The molecule has 0 saturated heterocycles. The lowest BCUT2D eigenvalue weighted by Gasteiger charge is -2.40. The van der Waals surface area contributed by atoms with Gasteiger partial charge in [0.2, 0.25) is 5.79 Å². The highest BCUT2D eigenvalue weighted by Crippen LogP contribution is 2.40. The second-order valence-electron chi connectivity index (χ2n) is 5.04. The van der Waals surface area contributed by atoms with Crippen molar-refractivity contribution < 1.29 is 27.9 Å². The Morgan fingerprint density at radius 3 is 2.20 bits per heavy atom. The van der Waals surface area contributed by atoms with E-state index in [1.54, 1.807) is 19.1 Å². The van der Waals surface area contributed by atoms with Crippen molar-refractivity contribution in [3.8, 4) is 0 Å². The van der Waals surface area contributed by atoms with Gasteiger partial charge in [0.25, 0.3) is 0 Å². The zero-order chi connectivity index (χ0) is 15.2. The number of ether oxygens (including phenoxy) is 1. The lowest BCUT2D eigenvalue weighted by Crippen LogP contribution is -2.60. The summed E-state index contributed by atoms with van der Waals surface area (Å²) in [6.45, 7) is 4.26. The number of alkyl halides is 3. The van der Waals surface area contributed by atoms with Crippen molar-refractivity contribution in [3.63, 3.8) is 0 Å². The van der Waals surface area contributed by atoms with Crippen molar-refractivity contribution >= 4 is 5.71 Å². The Hall–Kier alpha value is -1.60. The zero-order valence-corrected chi connectivity index (χ0v) is 11.2. The third kappa shape index (κ3) is 2.51. The summed E-state index contributed by atoms with van der Waals surface area (Å²) in [5.41, 5.74) is 0.220. The number of benzene rings is 1. The van der Waals surface area contributed by atoms with E-state index in [-0.39, 0.29) is 5.56 Å². The summed E-state index contributed by atoms with van der Waals surface area (Å²) in [5, 5.41) is 13.4. The molecule has 0 fully saturated rings. The SMILES string of the molecule is Cc1ccc(C2=NOC(C)(C)OC2(O)C(F)(F)F)cc1. The third-order valence-corrected chi connectivity index (χ3v) is 2.78. The predicted octanol–water partition coefficient (Wildman–Crippen LogP) is 2.73. The van der Waals surface area contributed by atoms with E-state index in [4.69, 9.17) is 9.57 Å². The van der Waals surface area contributed by atoms with Gasteiger partial charge < -0.3 is 9.94 Å². The van der Waals surface area contributed by atoms with Crippen molar-refractivity contribution in [2.75, 3.05) is 0 Å².